The number of hydrogen-bond acceptors (Lipinski definition) is 5. The summed E-state index contributed by atoms with van der Waals surface area (Å²) in [6.07, 6.45) is 1.12. The third-order valence-electron chi connectivity index (χ3n) is 2.86. The van der Waals surface area contributed by atoms with Gasteiger partial charge in [-0.25, -0.2) is 18.1 Å². The van der Waals surface area contributed by atoms with E-state index >= 15 is 0 Å². The first-order valence-corrected chi connectivity index (χ1v) is 8.64. The van der Waals surface area contributed by atoms with Crippen molar-refractivity contribution >= 4 is 32.8 Å². The van der Waals surface area contributed by atoms with Crippen LogP contribution in [-0.2, 0) is 16.6 Å². The van der Waals surface area contributed by atoms with Gasteiger partial charge in [-0.3, -0.25) is 0 Å². The SMILES string of the molecule is COc1ccc2nc(C(C)Cl)n(CCNS(C)(=O)=O)c2n1. The molecule has 0 aliphatic carbocycles. The molecule has 2 aromatic rings. The van der Waals surface area contributed by atoms with Gasteiger partial charge in [0.1, 0.15) is 11.3 Å². The van der Waals surface area contributed by atoms with Crippen molar-refractivity contribution in [3.63, 3.8) is 0 Å². The Morgan fingerprint density at radius 1 is 1.43 bits per heavy atom. The fourth-order valence-corrected chi connectivity index (χ4v) is 2.61. The van der Waals surface area contributed by atoms with Crippen LogP contribution in [-0.4, -0.2) is 42.9 Å². The molecular weight excluding hydrogens is 316 g/mol. The third-order valence-corrected chi connectivity index (χ3v) is 3.78. The molecule has 0 aliphatic heterocycles. The molecule has 0 bridgehead atoms. The van der Waals surface area contributed by atoms with Crippen LogP contribution in [0.5, 0.6) is 5.88 Å². The lowest BCUT2D eigenvalue weighted by Crippen LogP contribution is -2.26. The average Bonchev–Trinajstić information content (AvgIpc) is 2.75. The minimum Gasteiger partial charge on any atom is -0.481 e. The molecule has 0 aromatic carbocycles. The summed E-state index contributed by atoms with van der Waals surface area (Å²) in [6.45, 7) is 2.43. The van der Waals surface area contributed by atoms with Crippen molar-refractivity contribution in [1.29, 1.82) is 0 Å². The number of nitrogens with one attached hydrogen (secondary N) is 1. The summed E-state index contributed by atoms with van der Waals surface area (Å²) in [5.74, 6) is 1.11. The molecule has 0 radical (unpaired) electrons. The molecule has 1 unspecified atom stereocenters. The summed E-state index contributed by atoms with van der Waals surface area (Å²) < 4.78 is 31.6. The number of aromatic nitrogens is 3. The third kappa shape index (κ3) is 3.84. The minimum absolute atomic E-state index is 0.236. The van der Waals surface area contributed by atoms with Crippen LogP contribution in [0.25, 0.3) is 11.2 Å². The van der Waals surface area contributed by atoms with Crippen LogP contribution >= 0.6 is 11.6 Å². The van der Waals surface area contributed by atoms with Gasteiger partial charge in [0, 0.05) is 19.2 Å². The van der Waals surface area contributed by atoms with Crippen molar-refractivity contribution in [1.82, 2.24) is 19.3 Å². The molecule has 0 spiro atoms. The number of ether oxygens (including phenoxy) is 1. The van der Waals surface area contributed by atoms with Gasteiger partial charge in [-0.1, -0.05) is 0 Å². The molecule has 9 heteroatoms. The number of rotatable bonds is 6. The predicted octanol–water partition coefficient (Wildman–Crippen LogP) is 1.29. The summed E-state index contributed by atoms with van der Waals surface area (Å²) in [7, 11) is -1.71. The Morgan fingerprint density at radius 3 is 2.71 bits per heavy atom. The van der Waals surface area contributed by atoms with Crippen LogP contribution in [0, 0.1) is 0 Å². The fourth-order valence-electron chi connectivity index (χ4n) is 1.98. The molecule has 0 aliphatic rings. The molecule has 2 rings (SSSR count). The highest BCUT2D eigenvalue weighted by molar-refractivity contribution is 7.88. The van der Waals surface area contributed by atoms with E-state index in [9.17, 15) is 8.42 Å². The van der Waals surface area contributed by atoms with Crippen molar-refractivity contribution in [2.75, 3.05) is 19.9 Å². The summed E-state index contributed by atoms with van der Waals surface area (Å²) in [5.41, 5.74) is 1.31. The quantitative estimate of drug-likeness (QED) is 0.805. The first-order chi connectivity index (χ1) is 9.81. The number of nitrogens with zero attached hydrogens (tertiary/aromatic N) is 3. The Labute approximate surface area is 128 Å². The lowest BCUT2D eigenvalue weighted by Gasteiger charge is -2.10. The van der Waals surface area contributed by atoms with E-state index in [0.29, 0.717) is 29.4 Å². The zero-order valence-electron chi connectivity index (χ0n) is 12.0. The van der Waals surface area contributed by atoms with Gasteiger partial charge >= 0.3 is 0 Å². The van der Waals surface area contributed by atoms with Crippen molar-refractivity contribution in [3.05, 3.63) is 18.0 Å². The normalized spacial score (nSPS) is 13.5. The van der Waals surface area contributed by atoms with E-state index < -0.39 is 10.0 Å². The van der Waals surface area contributed by atoms with Gasteiger partial charge in [-0.05, 0) is 13.0 Å². The molecule has 116 valence electrons. The summed E-state index contributed by atoms with van der Waals surface area (Å²) in [4.78, 5) is 8.79. The molecule has 7 nitrogen and oxygen atoms in total. The van der Waals surface area contributed by atoms with Crippen LogP contribution < -0.4 is 9.46 Å². The number of alkyl halides is 1. The number of methoxy groups -OCH3 is 1. The average molecular weight is 333 g/mol. The standard InChI is InChI=1S/C12H17ClN4O3S/c1-8(13)11-15-9-4-5-10(20-2)16-12(9)17(11)7-6-14-21(3,18)19/h4-5,8,14H,6-7H2,1-3H3. The lowest BCUT2D eigenvalue weighted by molar-refractivity contribution is 0.399. The first kappa shape index (κ1) is 16.0. The van der Waals surface area contributed by atoms with Gasteiger partial charge < -0.3 is 9.30 Å². The number of halogens is 1. The predicted molar refractivity (Wildman–Crippen MR) is 81.2 cm³/mol. The van der Waals surface area contributed by atoms with Crippen LogP contribution in [0.15, 0.2) is 12.1 Å². The van der Waals surface area contributed by atoms with E-state index in [4.69, 9.17) is 16.3 Å². The van der Waals surface area contributed by atoms with Crippen molar-refractivity contribution in [3.8, 4) is 5.88 Å². The van der Waals surface area contributed by atoms with E-state index in [-0.39, 0.29) is 11.9 Å². The highest BCUT2D eigenvalue weighted by Gasteiger charge is 2.16. The topological polar surface area (TPSA) is 86.1 Å². The highest BCUT2D eigenvalue weighted by atomic mass is 35.5. The molecule has 2 heterocycles. The van der Waals surface area contributed by atoms with Gasteiger partial charge in [0.2, 0.25) is 15.9 Å². The Kier molecular flexibility index (Phi) is 4.70. The summed E-state index contributed by atoms with van der Waals surface area (Å²) in [6, 6.07) is 3.52. The zero-order chi connectivity index (χ0) is 15.6. The van der Waals surface area contributed by atoms with Crippen molar-refractivity contribution in [2.24, 2.45) is 0 Å². The number of imidazole rings is 1. The van der Waals surface area contributed by atoms with Gasteiger partial charge in [0.25, 0.3) is 0 Å². The van der Waals surface area contributed by atoms with E-state index in [1.807, 2.05) is 0 Å². The van der Waals surface area contributed by atoms with Crippen LogP contribution in [0.4, 0.5) is 0 Å². The highest BCUT2D eigenvalue weighted by Crippen LogP contribution is 2.24. The Morgan fingerprint density at radius 2 is 2.14 bits per heavy atom. The molecule has 0 fully saturated rings. The van der Waals surface area contributed by atoms with Gasteiger partial charge in [0.05, 0.1) is 18.7 Å². The number of hydrogen-bond donors (Lipinski definition) is 1. The second-order valence-electron chi connectivity index (χ2n) is 4.60. The van der Waals surface area contributed by atoms with Gasteiger partial charge in [0.15, 0.2) is 5.65 Å². The number of pyridine rings is 1. The van der Waals surface area contributed by atoms with E-state index in [2.05, 4.69) is 14.7 Å². The lowest BCUT2D eigenvalue weighted by atomic mass is 10.4. The largest absolute Gasteiger partial charge is 0.481 e. The maximum atomic E-state index is 11.1. The van der Waals surface area contributed by atoms with Crippen molar-refractivity contribution in [2.45, 2.75) is 18.8 Å². The van der Waals surface area contributed by atoms with Gasteiger partial charge in [-0.15, -0.1) is 11.6 Å². The second-order valence-corrected chi connectivity index (χ2v) is 7.09. The molecule has 0 amide bonds. The summed E-state index contributed by atoms with van der Waals surface area (Å²) in [5, 5.41) is -0.316. The smallest absolute Gasteiger partial charge is 0.215 e. The number of fused-ring (bicyclic) bond motifs is 1. The fraction of sp³-hybridized carbons (Fsp3) is 0.500. The molecule has 2 aromatic heterocycles. The maximum Gasteiger partial charge on any atom is 0.215 e. The first-order valence-electron chi connectivity index (χ1n) is 6.31. The molecule has 21 heavy (non-hydrogen) atoms. The monoisotopic (exact) mass is 332 g/mol. The zero-order valence-corrected chi connectivity index (χ0v) is 13.6. The number of sulfonamides is 1. The van der Waals surface area contributed by atoms with Crippen molar-refractivity contribution < 1.29 is 13.2 Å². The minimum atomic E-state index is -3.24. The van der Waals surface area contributed by atoms with Gasteiger partial charge in [-0.2, -0.15) is 4.98 Å². The molecule has 1 atom stereocenters. The summed E-state index contributed by atoms with van der Waals surface area (Å²) >= 11 is 6.14. The van der Waals surface area contributed by atoms with Crippen LogP contribution in [0.2, 0.25) is 0 Å². The Hall–Kier alpha value is -1.38. The second kappa shape index (κ2) is 6.17. The maximum absolute atomic E-state index is 11.1. The van der Waals surface area contributed by atoms with Crippen LogP contribution in [0.1, 0.15) is 18.1 Å². The molecule has 0 saturated heterocycles. The van der Waals surface area contributed by atoms with E-state index in [1.165, 1.54) is 7.11 Å². The molecule has 0 saturated carbocycles. The van der Waals surface area contributed by atoms with Crippen LogP contribution in [0.3, 0.4) is 0 Å². The molecule has 1 N–H and O–H groups in total. The van der Waals surface area contributed by atoms with E-state index in [1.54, 1.807) is 23.6 Å². The van der Waals surface area contributed by atoms with E-state index in [0.717, 1.165) is 6.26 Å². The Bertz CT molecular complexity index is 742. The Balaban J connectivity index is 2.39. The molecular formula is C12H17ClN4O3S.